The van der Waals surface area contributed by atoms with Crippen molar-refractivity contribution in [2.75, 3.05) is 31.2 Å². The molecule has 3 rings (SSSR count). The Kier molecular flexibility index (Phi) is 5.66. The van der Waals surface area contributed by atoms with Gasteiger partial charge in [0.05, 0.1) is 23.7 Å². The van der Waals surface area contributed by atoms with E-state index in [9.17, 15) is 19.3 Å². The van der Waals surface area contributed by atoms with Gasteiger partial charge in [-0.15, -0.1) is 0 Å². The monoisotopic (exact) mass is 374 g/mol. The summed E-state index contributed by atoms with van der Waals surface area (Å²) in [5.74, 6) is -1.06. The highest BCUT2D eigenvalue weighted by Gasteiger charge is 2.24. The predicted molar refractivity (Wildman–Crippen MR) is 96.4 cm³/mol. The number of halogens is 1. The molecule has 2 aromatic rings. The van der Waals surface area contributed by atoms with E-state index in [1.165, 1.54) is 36.4 Å². The molecule has 8 heteroatoms. The molecule has 0 aromatic heterocycles. The van der Waals surface area contributed by atoms with Crippen molar-refractivity contribution in [2.45, 2.75) is 13.0 Å². The number of esters is 1. The second-order valence-corrected chi connectivity index (χ2v) is 6.16. The normalized spacial score (nSPS) is 15.3. The number of hydrogen-bond donors (Lipinski definition) is 0. The van der Waals surface area contributed by atoms with Crippen LogP contribution >= 0.6 is 0 Å². The summed E-state index contributed by atoms with van der Waals surface area (Å²) in [5, 5.41) is 11.5. The first kappa shape index (κ1) is 18.8. The molecule has 1 fully saturated rings. The Labute approximate surface area is 155 Å². The van der Waals surface area contributed by atoms with Gasteiger partial charge in [0.2, 0.25) is 0 Å². The lowest BCUT2D eigenvalue weighted by molar-refractivity contribution is -0.384. The SMILES string of the molecule is C[C@@H](OC(=O)c1ccc(N2CCOCC2)c([N+](=O)[O-])c1)c1ccc(F)cc1. The number of carbonyl (C=O) groups is 1. The third-order valence-electron chi connectivity index (χ3n) is 4.38. The molecule has 0 saturated carbocycles. The summed E-state index contributed by atoms with van der Waals surface area (Å²) in [6, 6.07) is 9.91. The van der Waals surface area contributed by atoms with Gasteiger partial charge in [0, 0.05) is 19.2 Å². The fraction of sp³-hybridized carbons (Fsp3) is 0.316. The zero-order valence-electron chi connectivity index (χ0n) is 14.8. The van der Waals surface area contributed by atoms with Gasteiger partial charge in [-0.2, -0.15) is 0 Å². The molecular weight excluding hydrogens is 355 g/mol. The van der Waals surface area contributed by atoms with Crippen LogP contribution < -0.4 is 4.90 Å². The lowest BCUT2D eigenvalue weighted by Gasteiger charge is -2.28. The first-order chi connectivity index (χ1) is 13.0. The number of hydrogen-bond acceptors (Lipinski definition) is 6. The van der Waals surface area contributed by atoms with Crippen molar-refractivity contribution >= 4 is 17.3 Å². The Morgan fingerprint density at radius 2 is 1.89 bits per heavy atom. The van der Waals surface area contributed by atoms with Crippen molar-refractivity contribution in [3.8, 4) is 0 Å². The number of nitro benzene ring substituents is 1. The lowest BCUT2D eigenvalue weighted by Crippen LogP contribution is -2.36. The first-order valence-electron chi connectivity index (χ1n) is 8.53. The van der Waals surface area contributed by atoms with E-state index in [1.807, 2.05) is 4.90 Å². The van der Waals surface area contributed by atoms with Gasteiger partial charge >= 0.3 is 5.97 Å². The standard InChI is InChI=1S/C19H19FN2O5/c1-13(14-2-5-16(20)6-3-14)27-19(23)15-4-7-17(18(12-15)22(24)25)21-8-10-26-11-9-21/h2-7,12-13H,8-11H2,1H3/t13-/m1/s1. The fourth-order valence-electron chi connectivity index (χ4n) is 2.90. The highest BCUT2D eigenvalue weighted by molar-refractivity contribution is 5.91. The summed E-state index contributed by atoms with van der Waals surface area (Å²) < 4.78 is 23.6. The molecule has 1 saturated heterocycles. The topological polar surface area (TPSA) is 81.9 Å². The molecule has 0 unspecified atom stereocenters. The van der Waals surface area contributed by atoms with Crippen LogP contribution in [0.15, 0.2) is 42.5 Å². The van der Waals surface area contributed by atoms with Gasteiger partial charge < -0.3 is 14.4 Å². The summed E-state index contributed by atoms with van der Waals surface area (Å²) in [6.07, 6.45) is -0.615. The molecule has 0 amide bonds. The molecule has 142 valence electrons. The van der Waals surface area contributed by atoms with E-state index in [4.69, 9.17) is 9.47 Å². The van der Waals surface area contributed by atoms with Crippen LogP contribution in [0.4, 0.5) is 15.8 Å². The van der Waals surface area contributed by atoms with Crippen molar-refractivity contribution in [3.63, 3.8) is 0 Å². The molecule has 7 nitrogen and oxygen atoms in total. The fourth-order valence-corrected chi connectivity index (χ4v) is 2.90. The molecule has 1 heterocycles. The molecule has 27 heavy (non-hydrogen) atoms. The number of benzene rings is 2. The van der Waals surface area contributed by atoms with Crippen LogP contribution in [-0.4, -0.2) is 37.2 Å². The molecular formula is C19H19FN2O5. The Balaban J connectivity index is 1.79. The molecule has 1 aliphatic rings. The van der Waals surface area contributed by atoms with Crippen LogP contribution in [0.1, 0.15) is 28.9 Å². The van der Waals surface area contributed by atoms with Crippen LogP contribution in [0.5, 0.6) is 0 Å². The van der Waals surface area contributed by atoms with Crippen molar-refractivity contribution < 1.29 is 23.6 Å². The number of rotatable bonds is 5. The van der Waals surface area contributed by atoms with Gasteiger partial charge in [-0.05, 0) is 36.8 Å². The van der Waals surface area contributed by atoms with Gasteiger partial charge in [0.25, 0.3) is 5.69 Å². The van der Waals surface area contributed by atoms with Crippen molar-refractivity contribution in [2.24, 2.45) is 0 Å². The van der Waals surface area contributed by atoms with Gasteiger partial charge in [0.1, 0.15) is 17.6 Å². The van der Waals surface area contributed by atoms with E-state index in [2.05, 4.69) is 0 Å². The van der Waals surface area contributed by atoms with Crippen LogP contribution in [0, 0.1) is 15.9 Å². The summed E-state index contributed by atoms with van der Waals surface area (Å²) in [5.41, 5.74) is 1.02. The molecule has 2 aromatic carbocycles. The van der Waals surface area contributed by atoms with E-state index < -0.39 is 17.0 Å². The second kappa shape index (κ2) is 8.13. The summed E-state index contributed by atoms with van der Waals surface area (Å²) >= 11 is 0. The second-order valence-electron chi connectivity index (χ2n) is 6.16. The highest BCUT2D eigenvalue weighted by Crippen LogP contribution is 2.30. The number of morpholine rings is 1. The molecule has 1 aliphatic heterocycles. The van der Waals surface area contributed by atoms with Crippen molar-refractivity contribution in [1.29, 1.82) is 0 Å². The molecule has 0 N–H and O–H groups in total. The van der Waals surface area contributed by atoms with E-state index >= 15 is 0 Å². The van der Waals surface area contributed by atoms with Crippen LogP contribution in [0.25, 0.3) is 0 Å². The zero-order chi connectivity index (χ0) is 19.4. The van der Waals surface area contributed by atoms with E-state index in [-0.39, 0.29) is 17.1 Å². The molecule has 1 atom stereocenters. The van der Waals surface area contributed by atoms with Crippen LogP contribution in [-0.2, 0) is 9.47 Å². The van der Waals surface area contributed by atoms with Crippen LogP contribution in [0.3, 0.4) is 0 Å². The minimum absolute atomic E-state index is 0.0904. The molecule has 0 aliphatic carbocycles. The van der Waals surface area contributed by atoms with Gasteiger partial charge in [-0.3, -0.25) is 10.1 Å². The third kappa shape index (κ3) is 4.40. The van der Waals surface area contributed by atoms with Gasteiger partial charge in [-0.25, -0.2) is 9.18 Å². The zero-order valence-corrected chi connectivity index (χ0v) is 14.8. The summed E-state index contributed by atoms with van der Waals surface area (Å²) in [4.78, 5) is 25.2. The Hall–Kier alpha value is -3.00. The molecule has 0 radical (unpaired) electrons. The van der Waals surface area contributed by atoms with Crippen molar-refractivity contribution in [1.82, 2.24) is 0 Å². The summed E-state index contributed by atoms with van der Waals surface area (Å²) in [6.45, 7) is 3.74. The van der Waals surface area contributed by atoms with Gasteiger partial charge in [0.15, 0.2) is 0 Å². The van der Waals surface area contributed by atoms with Crippen LogP contribution in [0.2, 0.25) is 0 Å². The van der Waals surface area contributed by atoms with E-state index in [0.29, 0.717) is 37.6 Å². The summed E-state index contributed by atoms with van der Waals surface area (Å²) in [7, 11) is 0. The lowest BCUT2D eigenvalue weighted by atomic mass is 10.1. The number of nitrogens with zero attached hydrogens (tertiary/aromatic N) is 2. The number of carbonyl (C=O) groups excluding carboxylic acids is 1. The smallest absolute Gasteiger partial charge is 0.338 e. The quantitative estimate of drug-likeness (QED) is 0.453. The Morgan fingerprint density at radius 3 is 2.52 bits per heavy atom. The maximum atomic E-state index is 13.0. The van der Waals surface area contributed by atoms with Crippen molar-refractivity contribution in [3.05, 3.63) is 69.5 Å². The minimum Gasteiger partial charge on any atom is -0.454 e. The molecule has 0 spiro atoms. The Bertz CT molecular complexity index is 834. The molecule has 0 bridgehead atoms. The maximum Gasteiger partial charge on any atom is 0.338 e. The number of nitro groups is 1. The minimum atomic E-state index is -0.677. The largest absolute Gasteiger partial charge is 0.454 e. The average molecular weight is 374 g/mol. The Morgan fingerprint density at radius 1 is 1.22 bits per heavy atom. The first-order valence-corrected chi connectivity index (χ1v) is 8.53. The number of ether oxygens (including phenoxy) is 2. The van der Waals surface area contributed by atoms with Gasteiger partial charge in [-0.1, -0.05) is 12.1 Å². The van der Waals surface area contributed by atoms with E-state index in [0.717, 1.165) is 0 Å². The number of anilines is 1. The maximum absolute atomic E-state index is 13.0. The highest BCUT2D eigenvalue weighted by atomic mass is 19.1. The predicted octanol–water partition coefficient (Wildman–Crippen LogP) is 3.49. The van der Waals surface area contributed by atoms with E-state index in [1.54, 1.807) is 13.0 Å². The average Bonchev–Trinajstić information content (AvgIpc) is 2.68. The third-order valence-corrected chi connectivity index (χ3v) is 4.38.